The fraction of sp³-hybridized carbons (Fsp3) is 1.00. The molecule has 3 rings (SSSR count). The molecule has 6 nitrogen and oxygen atoms in total. The van der Waals surface area contributed by atoms with Gasteiger partial charge in [0.25, 0.3) is 10.2 Å². The van der Waals surface area contributed by atoms with E-state index in [0.29, 0.717) is 19.0 Å². The van der Waals surface area contributed by atoms with Gasteiger partial charge in [-0.3, -0.25) is 4.90 Å². The average molecular weight is 316 g/mol. The molecule has 0 aromatic heterocycles. The maximum atomic E-state index is 12.6. The van der Waals surface area contributed by atoms with Crippen LogP contribution in [-0.4, -0.2) is 69.5 Å². The van der Waals surface area contributed by atoms with Crippen LogP contribution in [-0.2, 0) is 10.2 Å². The van der Waals surface area contributed by atoms with Crippen molar-refractivity contribution in [2.75, 3.05) is 39.8 Å². The van der Waals surface area contributed by atoms with E-state index in [4.69, 9.17) is 0 Å². The number of hydrogen-bond acceptors (Lipinski definition) is 4. The fourth-order valence-corrected chi connectivity index (χ4v) is 5.18. The van der Waals surface area contributed by atoms with Gasteiger partial charge in [-0.05, 0) is 51.6 Å². The Morgan fingerprint density at radius 2 is 1.90 bits per heavy atom. The van der Waals surface area contributed by atoms with Crippen molar-refractivity contribution in [1.29, 1.82) is 0 Å². The van der Waals surface area contributed by atoms with Crippen molar-refractivity contribution in [2.24, 2.45) is 5.92 Å². The number of hydrogen-bond donors (Lipinski definition) is 2. The van der Waals surface area contributed by atoms with E-state index in [1.165, 1.54) is 12.8 Å². The lowest BCUT2D eigenvalue weighted by Gasteiger charge is -2.32. The summed E-state index contributed by atoms with van der Waals surface area (Å²) in [5, 5.41) is 3.16. The second-order valence-electron chi connectivity index (χ2n) is 6.76. The Balaban J connectivity index is 1.53. The maximum absolute atomic E-state index is 12.6. The van der Waals surface area contributed by atoms with Gasteiger partial charge in [0.1, 0.15) is 0 Å². The highest BCUT2D eigenvalue weighted by Gasteiger charge is 2.37. The van der Waals surface area contributed by atoms with Gasteiger partial charge in [0.05, 0.1) is 0 Å². The zero-order valence-electron chi connectivity index (χ0n) is 12.9. The van der Waals surface area contributed by atoms with Gasteiger partial charge in [0.2, 0.25) is 0 Å². The summed E-state index contributed by atoms with van der Waals surface area (Å²) in [4.78, 5) is 2.44. The fourth-order valence-electron chi connectivity index (χ4n) is 3.64. The lowest BCUT2D eigenvalue weighted by atomic mass is 10.00. The van der Waals surface area contributed by atoms with Gasteiger partial charge in [-0.2, -0.15) is 17.4 Å². The molecular formula is C14H28N4O2S. The number of piperidine rings is 1. The summed E-state index contributed by atoms with van der Waals surface area (Å²) in [6.45, 7) is 4.13. The first-order valence-electron chi connectivity index (χ1n) is 8.24. The second-order valence-corrected chi connectivity index (χ2v) is 8.46. The summed E-state index contributed by atoms with van der Waals surface area (Å²) in [5.41, 5.74) is 0. The van der Waals surface area contributed by atoms with E-state index in [1.54, 1.807) is 4.31 Å². The molecule has 2 saturated heterocycles. The van der Waals surface area contributed by atoms with E-state index in [1.807, 2.05) is 7.05 Å². The Morgan fingerprint density at radius 3 is 2.62 bits per heavy atom. The molecular weight excluding hydrogens is 288 g/mol. The third-order valence-electron chi connectivity index (χ3n) is 4.91. The highest BCUT2D eigenvalue weighted by Crippen LogP contribution is 2.30. The van der Waals surface area contributed by atoms with E-state index in [2.05, 4.69) is 14.9 Å². The van der Waals surface area contributed by atoms with E-state index in [0.717, 1.165) is 44.9 Å². The van der Waals surface area contributed by atoms with Gasteiger partial charge in [-0.25, -0.2) is 0 Å². The number of rotatable bonds is 6. The molecule has 3 fully saturated rings. The smallest absolute Gasteiger partial charge is 0.279 e. The molecule has 0 bridgehead atoms. The predicted octanol–water partition coefficient (Wildman–Crippen LogP) is -0.0111. The molecule has 2 unspecified atom stereocenters. The average Bonchev–Trinajstić information content (AvgIpc) is 3.20. The largest absolute Gasteiger partial charge is 0.319 e. The van der Waals surface area contributed by atoms with Gasteiger partial charge in [-0.1, -0.05) is 0 Å². The molecule has 21 heavy (non-hydrogen) atoms. The molecule has 2 atom stereocenters. The summed E-state index contributed by atoms with van der Waals surface area (Å²) in [7, 11) is -1.39. The van der Waals surface area contributed by atoms with Crippen LogP contribution >= 0.6 is 0 Å². The summed E-state index contributed by atoms with van der Waals surface area (Å²) in [6, 6.07) is 0.828. The first kappa shape index (κ1) is 15.7. The van der Waals surface area contributed by atoms with Crippen LogP contribution in [0.1, 0.15) is 32.1 Å². The summed E-state index contributed by atoms with van der Waals surface area (Å²) in [6.07, 6.45) is 5.61. The second kappa shape index (κ2) is 6.50. The summed E-state index contributed by atoms with van der Waals surface area (Å²) < 4.78 is 29.7. The zero-order chi connectivity index (χ0) is 14.9. The van der Waals surface area contributed by atoms with E-state index in [-0.39, 0.29) is 6.04 Å². The molecule has 1 aliphatic carbocycles. The molecule has 2 heterocycles. The Labute approximate surface area is 128 Å². The van der Waals surface area contributed by atoms with Crippen molar-refractivity contribution in [1.82, 2.24) is 19.2 Å². The van der Waals surface area contributed by atoms with E-state index in [9.17, 15) is 8.42 Å². The highest BCUT2D eigenvalue weighted by atomic mass is 32.2. The van der Waals surface area contributed by atoms with Crippen LogP contribution in [0, 0.1) is 5.92 Å². The van der Waals surface area contributed by atoms with Crippen molar-refractivity contribution in [3.05, 3.63) is 0 Å². The molecule has 2 N–H and O–H groups in total. The Bertz CT molecular complexity index is 450. The minimum absolute atomic E-state index is 0.0975. The molecule has 3 aliphatic rings. The van der Waals surface area contributed by atoms with Crippen LogP contribution in [0.15, 0.2) is 0 Å². The summed E-state index contributed by atoms with van der Waals surface area (Å²) >= 11 is 0. The van der Waals surface area contributed by atoms with Crippen molar-refractivity contribution >= 4 is 10.2 Å². The van der Waals surface area contributed by atoms with Gasteiger partial charge >= 0.3 is 0 Å². The minimum atomic E-state index is -3.32. The van der Waals surface area contributed by atoms with Gasteiger partial charge in [0.15, 0.2) is 0 Å². The topological polar surface area (TPSA) is 64.7 Å². The van der Waals surface area contributed by atoms with Crippen molar-refractivity contribution in [3.8, 4) is 0 Å². The standard InChI is InChI=1S/C14H28N4O2S/c1-15-9-12-3-2-7-18(10-12)21(19,20)16-13-6-8-17(11-13)14-4-5-14/h12-16H,2-11H2,1H3. The lowest BCUT2D eigenvalue weighted by Crippen LogP contribution is -2.50. The minimum Gasteiger partial charge on any atom is -0.319 e. The maximum Gasteiger partial charge on any atom is 0.279 e. The van der Waals surface area contributed by atoms with Crippen molar-refractivity contribution < 1.29 is 8.42 Å². The molecule has 122 valence electrons. The van der Waals surface area contributed by atoms with Gasteiger partial charge in [-0.15, -0.1) is 0 Å². The number of nitrogens with zero attached hydrogens (tertiary/aromatic N) is 2. The number of nitrogens with one attached hydrogen (secondary N) is 2. The third-order valence-corrected chi connectivity index (χ3v) is 6.56. The van der Waals surface area contributed by atoms with Gasteiger partial charge in [0, 0.05) is 38.3 Å². The highest BCUT2D eigenvalue weighted by molar-refractivity contribution is 7.87. The SMILES string of the molecule is CNCC1CCCN(S(=O)(=O)NC2CCN(C3CC3)C2)C1. The zero-order valence-corrected chi connectivity index (χ0v) is 13.7. The molecule has 0 radical (unpaired) electrons. The van der Waals surface area contributed by atoms with Crippen LogP contribution in [0.25, 0.3) is 0 Å². The predicted molar refractivity (Wildman–Crippen MR) is 83.3 cm³/mol. The number of likely N-dealkylation sites (tertiary alicyclic amines) is 1. The van der Waals surface area contributed by atoms with Crippen LogP contribution in [0.5, 0.6) is 0 Å². The normalized spacial score (nSPS) is 32.6. The quantitative estimate of drug-likeness (QED) is 0.723. The van der Waals surface area contributed by atoms with Gasteiger partial charge < -0.3 is 5.32 Å². The molecule has 0 aromatic carbocycles. The molecule has 0 amide bonds. The Morgan fingerprint density at radius 1 is 1.10 bits per heavy atom. The molecule has 2 aliphatic heterocycles. The van der Waals surface area contributed by atoms with Crippen LogP contribution in [0.4, 0.5) is 0 Å². The Kier molecular flexibility index (Phi) is 4.85. The van der Waals surface area contributed by atoms with Crippen molar-refractivity contribution in [2.45, 2.75) is 44.2 Å². The van der Waals surface area contributed by atoms with E-state index >= 15 is 0 Å². The monoisotopic (exact) mass is 316 g/mol. The molecule has 0 spiro atoms. The first-order chi connectivity index (χ1) is 10.1. The Hall–Kier alpha value is -0.210. The third kappa shape index (κ3) is 3.96. The molecule has 0 aromatic rings. The summed E-state index contributed by atoms with van der Waals surface area (Å²) in [5.74, 6) is 0.437. The van der Waals surface area contributed by atoms with Crippen LogP contribution in [0.2, 0.25) is 0 Å². The first-order valence-corrected chi connectivity index (χ1v) is 9.68. The van der Waals surface area contributed by atoms with Crippen molar-refractivity contribution in [3.63, 3.8) is 0 Å². The molecule has 7 heteroatoms. The van der Waals surface area contributed by atoms with Crippen LogP contribution in [0.3, 0.4) is 0 Å². The van der Waals surface area contributed by atoms with E-state index < -0.39 is 10.2 Å². The molecule has 1 saturated carbocycles. The lowest BCUT2D eigenvalue weighted by molar-refractivity contribution is 0.259. The van der Waals surface area contributed by atoms with Crippen LogP contribution < -0.4 is 10.0 Å².